The van der Waals surface area contributed by atoms with Gasteiger partial charge in [0.15, 0.2) is 0 Å². The predicted molar refractivity (Wildman–Crippen MR) is 47.6 cm³/mol. The SMILES string of the molecule is N#Cc1cnc(C2CC2)c(OC(F)F)c1. The maximum Gasteiger partial charge on any atom is 0.387 e. The molecule has 0 atom stereocenters. The minimum Gasteiger partial charge on any atom is -0.433 e. The zero-order valence-electron chi connectivity index (χ0n) is 7.78. The largest absolute Gasteiger partial charge is 0.433 e. The van der Waals surface area contributed by atoms with Crippen LogP contribution in [0.15, 0.2) is 12.3 Å². The number of aromatic nitrogens is 1. The predicted octanol–water partition coefficient (Wildman–Crippen LogP) is 2.43. The van der Waals surface area contributed by atoms with Crippen LogP contribution in [0.5, 0.6) is 5.75 Å². The van der Waals surface area contributed by atoms with Crippen molar-refractivity contribution in [3.05, 3.63) is 23.5 Å². The fraction of sp³-hybridized carbons (Fsp3) is 0.400. The lowest BCUT2D eigenvalue weighted by Crippen LogP contribution is -2.05. The topological polar surface area (TPSA) is 45.9 Å². The molecule has 0 spiro atoms. The number of nitriles is 1. The molecule has 0 radical (unpaired) electrons. The first-order chi connectivity index (χ1) is 7.20. The van der Waals surface area contributed by atoms with Crippen molar-refractivity contribution in [1.82, 2.24) is 4.98 Å². The molecular weight excluding hydrogens is 202 g/mol. The summed E-state index contributed by atoms with van der Waals surface area (Å²) in [5, 5.41) is 8.61. The monoisotopic (exact) mass is 210 g/mol. The van der Waals surface area contributed by atoms with Gasteiger partial charge in [-0.2, -0.15) is 14.0 Å². The first-order valence-corrected chi connectivity index (χ1v) is 4.55. The number of halogens is 2. The summed E-state index contributed by atoms with van der Waals surface area (Å²) in [7, 11) is 0. The summed E-state index contributed by atoms with van der Waals surface area (Å²) in [6.07, 6.45) is 3.27. The van der Waals surface area contributed by atoms with Gasteiger partial charge in [-0.05, 0) is 12.8 Å². The molecule has 0 N–H and O–H groups in total. The van der Waals surface area contributed by atoms with Crippen LogP contribution >= 0.6 is 0 Å². The van der Waals surface area contributed by atoms with Crippen LogP contribution in [0.4, 0.5) is 8.78 Å². The highest BCUT2D eigenvalue weighted by molar-refractivity contribution is 5.40. The van der Waals surface area contributed by atoms with E-state index >= 15 is 0 Å². The van der Waals surface area contributed by atoms with Gasteiger partial charge in [0.2, 0.25) is 0 Å². The molecule has 1 fully saturated rings. The summed E-state index contributed by atoms with van der Waals surface area (Å²) in [4.78, 5) is 3.98. The molecular formula is C10H8F2N2O. The van der Waals surface area contributed by atoms with Gasteiger partial charge in [0.05, 0.1) is 11.3 Å². The highest BCUT2D eigenvalue weighted by atomic mass is 19.3. The minimum absolute atomic E-state index is 0.0338. The first-order valence-electron chi connectivity index (χ1n) is 4.55. The second-order valence-corrected chi connectivity index (χ2v) is 3.37. The summed E-state index contributed by atoms with van der Waals surface area (Å²) in [5.74, 6) is 0.248. The number of hydrogen-bond donors (Lipinski definition) is 0. The molecule has 3 nitrogen and oxygen atoms in total. The van der Waals surface area contributed by atoms with E-state index < -0.39 is 6.61 Å². The molecule has 5 heteroatoms. The number of pyridine rings is 1. The number of alkyl halides is 2. The summed E-state index contributed by atoms with van der Waals surface area (Å²) in [6, 6.07) is 3.15. The van der Waals surface area contributed by atoms with Gasteiger partial charge in [0, 0.05) is 18.2 Å². The van der Waals surface area contributed by atoms with E-state index in [1.54, 1.807) is 0 Å². The van der Waals surface area contributed by atoms with Crippen LogP contribution in [0.2, 0.25) is 0 Å². The van der Waals surface area contributed by atoms with Gasteiger partial charge >= 0.3 is 6.61 Å². The summed E-state index contributed by atoms with van der Waals surface area (Å²) in [5.41, 5.74) is 0.768. The molecule has 78 valence electrons. The lowest BCUT2D eigenvalue weighted by Gasteiger charge is -2.08. The Hall–Kier alpha value is -1.70. The summed E-state index contributed by atoms with van der Waals surface area (Å²) >= 11 is 0. The van der Waals surface area contributed by atoms with Crippen LogP contribution in [0.1, 0.15) is 30.0 Å². The molecule has 1 aliphatic carbocycles. The Balaban J connectivity index is 2.33. The normalized spacial score (nSPS) is 15.1. The second kappa shape index (κ2) is 3.81. The Bertz CT molecular complexity index is 410. The average molecular weight is 210 g/mol. The van der Waals surface area contributed by atoms with Crippen molar-refractivity contribution in [2.75, 3.05) is 0 Å². The molecule has 1 aromatic rings. The molecule has 0 amide bonds. The van der Waals surface area contributed by atoms with Gasteiger partial charge < -0.3 is 4.74 Å². The van der Waals surface area contributed by atoms with Crippen LogP contribution in [0, 0.1) is 11.3 Å². The Morgan fingerprint density at radius 1 is 1.53 bits per heavy atom. The molecule has 2 rings (SSSR count). The highest BCUT2D eigenvalue weighted by Gasteiger charge is 2.29. The number of nitrogens with zero attached hydrogens (tertiary/aromatic N) is 2. The van der Waals surface area contributed by atoms with Gasteiger partial charge in [0.1, 0.15) is 11.8 Å². The molecule has 0 aromatic carbocycles. The van der Waals surface area contributed by atoms with Crippen LogP contribution in [-0.2, 0) is 0 Å². The van der Waals surface area contributed by atoms with Crippen molar-refractivity contribution in [1.29, 1.82) is 5.26 Å². The van der Waals surface area contributed by atoms with Crippen molar-refractivity contribution in [2.45, 2.75) is 25.4 Å². The van der Waals surface area contributed by atoms with Gasteiger partial charge in [-0.1, -0.05) is 0 Å². The van der Waals surface area contributed by atoms with Crippen molar-refractivity contribution in [3.8, 4) is 11.8 Å². The van der Waals surface area contributed by atoms with Crippen LogP contribution in [0.3, 0.4) is 0 Å². The Labute approximate surface area is 85.3 Å². The third-order valence-electron chi connectivity index (χ3n) is 2.19. The zero-order valence-corrected chi connectivity index (χ0v) is 7.78. The number of rotatable bonds is 3. The Kier molecular flexibility index (Phi) is 2.50. The molecule has 15 heavy (non-hydrogen) atoms. The van der Waals surface area contributed by atoms with Gasteiger partial charge in [-0.3, -0.25) is 4.98 Å². The van der Waals surface area contributed by atoms with E-state index in [2.05, 4.69) is 9.72 Å². The maximum absolute atomic E-state index is 12.1. The average Bonchev–Trinajstić information content (AvgIpc) is 3.00. The van der Waals surface area contributed by atoms with Crippen LogP contribution in [-0.4, -0.2) is 11.6 Å². The van der Waals surface area contributed by atoms with E-state index in [1.807, 2.05) is 6.07 Å². The molecule has 1 aromatic heterocycles. The smallest absolute Gasteiger partial charge is 0.387 e. The third-order valence-corrected chi connectivity index (χ3v) is 2.19. The zero-order chi connectivity index (χ0) is 10.8. The third kappa shape index (κ3) is 2.21. The van der Waals surface area contributed by atoms with E-state index in [1.165, 1.54) is 12.3 Å². The van der Waals surface area contributed by atoms with E-state index in [-0.39, 0.29) is 17.2 Å². The van der Waals surface area contributed by atoms with E-state index in [0.717, 1.165) is 12.8 Å². The van der Waals surface area contributed by atoms with Crippen molar-refractivity contribution in [3.63, 3.8) is 0 Å². The van der Waals surface area contributed by atoms with Gasteiger partial charge in [-0.15, -0.1) is 0 Å². The minimum atomic E-state index is -2.88. The fourth-order valence-corrected chi connectivity index (χ4v) is 1.37. The summed E-state index contributed by atoms with van der Waals surface area (Å²) < 4.78 is 28.5. The second-order valence-electron chi connectivity index (χ2n) is 3.37. The molecule has 1 aliphatic rings. The molecule has 0 unspecified atom stereocenters. The van der Waals surface area contributed by atoms with Crippen molar-refractivity contribution >= 4 is 0 Å². The molecule has 1 heterocycles. The maximum atomic E-state index is 12.1. The standard InChI is InChI=1S/C10H8F2N2O/c11-10(12)15-8-3-6(4-13)5-14-9(8)7-1-2-7/h3,5,7,10H,1-2H2. The van der Waals surface area contributed by atoms with Crippen molar-refractivity contribution in [2.24, 2.45) is 0 Å². The van der Waals surface area contributed by atoms with Crippen molar-refractivity contribution < 1.29 is 13.5 Å². The van der Waals surface area contributed by atoms with E-state index in [9.17, 15) is 8.78 Å². The Morgan fingerprint density at radius 2 is 2.27 bits per heavy atom. The Morgan fingerprint density at radius 3 is 2.80 bits per heavy atom. The number of ether oxygens (including phenoxy) is 1. The molecule has 1 saturated carbocycles. The lowest BCUT2D eigenvalue weighted by molar-refractivity contribution is -0.0507. The quantitative estimate of drug-likeness (QED) is 0.769. The van der Waals surface area contributed by atoms with Crippen LogP contribution in [0.25, 0.3) is 0 Å². The fourth-order valence-electron chi connectivity index (χ4n) is 1.37. The number of hydrogen-bond acceptors (Lipinski definition) is 3. The molecule has 0 saturated heterocycles. The molecule has 0 bridgehead atoms. The first kappa shape index (κ1) is 9.84. The van der Waals surface area contributed by atoms with E-state index in [4.69, 9.17) is 5.26 Å². The van der Waals surface area contributed by atoms with E-state index in [0.29, 0.717) is 5.69 Å². The molecule has 0 aliphatic heterocycles. The summed E-state index contributed by atoms with van der Waals surface area (Å²) in [6.45, 7) is -2.88. The van der Waals surface area contributed by atoms with Gasteiger partial charge in [-0.25, -0.2) is 0 Å². The van der Waals surface area contributed by atoms with Gasteiger partial charge in [0.25, 0.3) is 0 Å². The van der Waals surface area contributed by atoms with Crippen LogP contribution < -0.4 is 4.74 Å². The highest BCUT2D eigenvalue weighted by Crippen LogP contribution is 2.43. The lowest BCUT2D eigenvalue weighted by atomic mass is 10.2.